The normalized spacial score (nSPS) is 10.9. The largest absolute Gasteiger partial charge is 0.355 e. The van der Waals surface area contributed by atoms with Crippen LogP contribution in [0, 0.1) is 0 Å². The van der Waals surface area contributed by atoms with Crippen LogP contribution in [0.5, 0.6) is 0 Å². The standard InChI is InChI=1S/C16H22BrN3S/c1-4-5-14-6-12(9-18-2)7-16(19-14)20(3)10-15-8-13(17)11-21-15/h6-8,11,18H,4-5,9-10H2,1-3H3. The summed E-state index contributed by atoms with van der Waals surface area (Å²) >= 11 is 5.28. The molecule has 0 unspecified atom stereocenters. The monoisotopic (exact) mass is 367 g/mol. The molecule has 0 amide bonds. The fourth-order valence-corrected chi connectivity index (χ4v) is 3.77. The van der Waals surface area contributed by atoms with Gasteiger partial charge >= 0.3 is 0 Å². The molecule has 2 aromatic heterocycles. The second-order valence-corrected chi connectivity index (χ2v) is 7.10. The minimum absolute atomic E-state index is 0.880. The topological polar surface area (TPSA) is 28.2 Å². The summed E-state index contributed by atoms with van der Waals surface area (Å²) in [5, 5.41) is 5.34. The van der Waals surface area contributed by atoms with Crippen molar-refractivity contribution in [1.82, 2.24) is 10.3 Å². The molecule has 0 saturated carbocycles. The smallest absolute Gasteiger partial charge is 0.129 e. The molecule has 2 heterocycles. The van der Waals surface area contributed by atoms with Crippen LogP contribution >= 0.6 is 27.3 Å². The van der Waals surface area contributed by atoms with E-state index in [2.05, 4.69) is 63.7 Å². The van der Waals surface area contributed by atoms with Gasteiger partial charge in [0.05, 0.1) is 6.54 Å². The third-order valence-corrected chi connectivity index (χ3v) is 4.90. The molecule has 0 fully saturated rings. The number of nitrogens with zero attached hydrogens (tertiary/aromatic N) is 2. The average molecular weight is 368 g/mol. The SMILES string of the molecule is CCCc1cc(CNC)cc(N(C)Cc2cc(Br)cs2)n1. The summed E-state index contributed by atoms with van der Waals surface area (Å²) in [5.41, 5.74) is 2.48. The van der Waals surface area contributed by atoms with Gasteiger partial charge in [-0.15, -0.1) is 11.3 Å². The van der Waals surface area contributed by atoms with Crippen molar-refractivity contribution in [2.45, 2.75) is 32.9 Å². The molecule has 2 rings (SSSR count). The Kier molecular flexibility index (Phi) is 6.21. The van der Waals surface area contributed by atoms with E-state index in [0.29, 0.717) is 0 Å². The zero-order valence-electron chi connectivity index (χ0n) is 12.8. The highest BCUT2D eigenvalue weighted by Crippen LogP contribution is 2.23. The van der Waals surface area contributed by atoms with Gasteiger partial charge in [-0.2, -0.15) is 0 Å². The van der Waals surface area contributed by atoms with Crippen molar-refractivity contribution >= 4 is 33.1 Å². The molecule has 0 aliphatic heterocycles. The van der Waals surface area contributed by atoms with Crippen LogP contribution in [0.1, 0.15) is 29.5 Å². The molecule has 0 spiro atoms. The van der Waals surface area contributed by atoms with E-state index < -0.39 is 0 Å². The number of thiophene rings is 1. The predicted octanol–water partition coefficient (Wildman–Crippen LogP) is 4.21. The number of nitrogens with one attached hydrogen (secondary N) is 1. The lowest BCUT2D eigenvalue weighted by atomic mass is 10.1. The van der Waals surface area contributed by atoms with E-state index in [0.717, 1.165) is 36.2 Å². The van der Waals surface area contributed by atoms with Gasteiger partial charge < -0.3 is 10.2 Å². The van der Waals surface area contributed by atoms with E-state index in [1.165, 1.54) is 16.1 Å². The maximum absolute atomic E-state index is 4.80. The van der Waals surface area contributed by atoms with Crippen LogP contribution in [-0.2, 0) is 19.5 Å². The number of rotatable bonds is 7. The van der Waals surface area contributed by atoms with Crippen molar-refractivity contribution in [3.05, 3.63) is 44.2 Å². The van der Waals surface area contributed by atoms with Gasteiger partial charge in [0.2, 0.25) is 0 Å². The van der Waals surface area contributed by atoms with E-state index in [4.69, 9.17) is 4.98 Å². The molecule has 5 heteroatoms. The van der Waals surface area contributed by atoms with Gasteiger partial charge in [-0.3, -0.25) is 0 Å². The minimum Gasteiger partial charge on any atom is -0.355 e. The highest BCUT2D eigenvalue weighted by Gasteiger charge is 2.09. The molecule has 2 aromatic rings. The van der Waals surface area contributed by atoms with Gasteiger partial charge in [0.15, 0.2) is 0 Å². The molecule has 0 radical (unpaired) electrons. The van der Waals surface area contributed by atoms with E-state index in [1.807, 2.05) is 7.05 Å². The second kappa shape index (κ2) is 7.92. The van der Waals surface area contributed by atoms with Crippen molar-refractivity contribution in [2.75, 3.05) is 19.0 Å². The number of halogens is 1. The van der Waals surface area contributed by atoms with Crippen LogP contribution in [0.4, 0.5) is 5.82 Å². The first-order valence-corrected chi connectivity index (χ1v) is 8.88. The molecule has 1 N–H and O–H groups in total. The first-order chi connectivity index (χ1) is 10.1. The zero-order chi connectivity index (χ0) is 15.2. The van der Waals surface area contributed by atoms with Crippen LogP contribution in [0.25, 0.3) is 0 Å². The van der Waals surface area contributed by atoms with Gasteiger partial charge in [-0.1, -0.05) is 13.3 Å². The summed E-state index contributed by atoms with van der Waals surface area (Å²) in [6.07, 6.45) is 2.15. The van der Waals surface area contributed by atoms with Crippen LogP contribution in [-0.4, -0.2) is 19.1 Å². The number of pyridine rings is 1. The van der Waals surface area contributed by atoms with Gasteiger partial charge in [0.1, 0.15) is 5.82 Å². The highest BCUT2D eigenvalue weighted by molar-refractivity contribution is 9.10. The van der Waals surface area contributed by atoms with Crippen molar-refractivity contribution < 1.29 is 0 Å². The first-order valence-electron chi connectivity index (χ1n) is 7.21. The Labute approximate surface area is 139 Å². The molecule has 0 aliphatic carbocycles. The summed E-state index contributed by atoms with van der Waals surface area (Å²) in [7, 11) is 4.08. The molecular weight excluding hydrogens is 346 g/mol. The van der Waals surface area contributed by atoms with Crippen LogP contribution in [0.3, 0.4) is 0 Å². The van der Waals surface area contributed by atoms with Crippen LogP contribution in [0.2, 0.25) is 0 Å². The quantitative estimate of drug-likeness (QED) is 0.793. The summed E-state index contributed by atoms with van der Waals surface area (Å²) in [6.45, 7) is 3.96. The predicted molar refractivity (Wildman–Crippen MR) is 95.1 cm³/mol. The van der Waals surface area contributed by atoms with E-state index >= 15 is 0 Å². The number of aryl methyl sites for hydroxylation is 1. The number of hydrogen-bond acceptors (Lipinski definition) is 4. The fraction of sp³-hybridized carbons (Fsp3) is 0.438. The van der Waals surface area contributed by atoms with Gasteiger partial charge in [0.25, 0.3) is 0 Å². The van der Waals surface area contributed by atoms with Crippen molar-refractivity contribution in [3.8, 4) is 0 Å². The molecule has 0 saturated heterocycles. The Morgan fingerprint density at radius 3 is 2.76 bits per heavy atom. The van der Waals surface area contributed by atoms with Gasteiger partial charge in [-0.25, -0.2) is 4.98 Å². The lowest BCUT2D eigenvalue weighted by molar-refractivity contribution is 0.798. The third kappa shape index (κ3) is 4.80. The molecule has 114 valence electrons. The third-order valence-electron chi connectivity index (χ3n) is 3.22. The minimum atomic E-state index is 0.880. The Bertz CT molecular complexity index is 558. The summed E-state index contributed by atoms with van der Waals surface area (Å²) in [5.74, 6) is 1.05. The van der Waals surface area contributed by atoms with Crippen LogP contribution in [0.15, 0.2) is 28.1 Å². The second-order valence-electron chi connectivity index (χ2n) is 5.19. The van der Waals surface area contributed by atoms with Gasteiger partial charge in [0, 0.05) is 34.0 Å². The average Bonchev–Trinajstić information content (AvgIpc) is 2.84. The van der Waals surface area contributed by atoms with Crippen molar-refractivity contribution in [2.24, 2.45) is 0 Å². The first kappa shape index (κ1) is 16.5. The lowest BCUT2D eigenvalue weighted by Crippen LogP contribution is -2.18. The van der Waals surface area contributed by atoms with E-state index in [9.17, 15) is 0 Å². The maximum Gasteiger partial charge on any atom is 0.129 e. The number of aromatic nitrogens is 1. The fourth-order valence-electron chi connectivity index (χ4n) is 2.27. The van der Waals surface area contributed by atoms with Crippen LogP contribution < -0.4 is 10.2 Å². The Morgan fingerprint density at radius 2 is 2.14 bits per heavy atom. The van der Waals surface area contributed by atoms with E-state index in [1.54, 1.807) is 11.3 Å². The molecule has 21 heavy (non-hydrogen) atoms. The van der Waals surface area contributed by atoms with Crippen molar-refractivity contribution in [3.63, 3.8) is 0 Å². The Morgan fingerprint density at radius 1 is 1.33 bits per heavy atom. The molecule has 0 aliphatic rings. The Balaban J connectivity index is 2.19. The number of hydrogen-bond donors (Lipinski definition) is 1. The molecule has 0 aromatic carbocycles. The number of anilines is 1. The highest BCUT2D eigenvalue weighted by atomic mass is 79.9. The molecule has 3 nitrogen and oxygen atoms in total. The van der Waals surface area contributed by atoms with Crippen molar-refractivity contribution in [1.29, 1.82) is 0 Å². The summed E-state index contributed by atoms with van der Waals surface area (Å²) < 4.78 is 1.15. The zero-order valence-corrected chi connectivity index (χ0v) is 15.2. The summed E-state index contributed by atoms with van der Waals surface area (Å²) in [4.78, 5) is 8.35. The van der Waals surface area contributed by atoms with Gasteiger partial charge in [-0.05, 0) is 53.2 Å². The Hall–Kier alpha value is -0.910. The molecular formula is C16H22BrN3S. The maximum atomic E-state index is 4.80. The molecule has 0 atom stereocenters. The molecule has 0 bridgehead atoms. The summed E-state index contributed by atoms with van der Waals surface area (Å²) in [6, 6.07) is 6.56. The lowest BCUT2D eigenvalue weighted by Gasteiger charge is -2.19. The van der Waals surface area contributed by atoms with E-state index in [-0.39, 0.29) is 0 Å².